The average Bonchev–Trinajstić information content (AvgIpc) is 3.45. The highest BCUT2D eigenvalue weighted by atomic mass is 32.1. The smallest absolute Gasteiger partial charge is 0.422 e. The number of carbonyl (C=O) groups is 1. The van der Waals surface area contributed by atoms with E-state index >= 15 is 0 Å². The minimum Gasteiger partial charge on any atom is -0.460 e. The molecule has 5 rings (SSSR count). The minimum atomic E-state index is -4.36. The Hall–Kier alpha value is -2.50. The summed E-state index contributed by atoms with van der Waals surface area (Å²) in [6.07, 6.45) is 4.17. The molecule has 0 spiro atoms. The molecule has 3 aromatic heterocycles. The summed E-state index contributed by atoms with van der Waals surface area (Å²) in [5.41, 5.74) is 2.40. The van der Waals surface area contributed by atoms with Crippen molar-refractivity contribution in [3.63, 3.8) is 0 Å². The Morgan fingerprint density at radius 3 is 2.89 bits per heavy atom. The standard InChI is InChI=1S/C25H29F3N4O3S/c26-25(27,28)16-35-24-30-20-7-12-31(13-8-23(20)36-24)11-6-18-4-3-17(15-34-18)14-22(33)19-2-1-10-32-21(19)5-9-29-32/h1-2,5,9-10,17-18H,3-4,6-8,11-16H2/t17-,18-/m1/s1. The number of hydrogen-bond donors (Lipinski definition) is 0. The van der Waals surface area contributed by atoms with E-state index in [1.54, 1.807) is 10.7 Å². The third-order valence-electron chi connectivity index (χ3n) is 6.88. The Kier molecular flexibility index (Phi) is 7.59. The first-order valence-electron chi connectivity index (χ1n) is 12.3. The summed E-state index contributed by atoms with van der Waals surface area (Å²) in [6, 6.07) is 5.57. The van der Waals surface area contributed by atoms with Crippen molar-refractivity contribution in [3.05, 3.63) is 46.7 Å². The number of Topliss-reactive ketones (excluding diaryl/α,β-unsaturated/α-hetero) is 1. The van der Waals surface area contributed by atoms with Crippen molar-refractivity contribution in [1.82, 2.24) is 19.5 Å². The molecule has 2 atom stereocenters. The van der Waals surface area contributed by atoms with Gasteiger partial charge >= 0.3 is 6.18 Å². The normalized spacial score (nSPS) is 21.3. The third kappa shape index (κ3) is 6.24. The van der Waals surface area contributed by atoms with E-state index in [0.29, 0.717) is 25.0 Å². The number of alkyl halides is 3. The lowest BCUT2D eigenvalue weighted by molar-refractivity contribution is -0.153. The Balaban J connectivity index is 1.03. The van der Waals surface area contributed by atoms with Crippen LogP contribution in [0.15, 0.2) is 30.6 Å². The first kappa shape index (κ1) is 25.2. The predicted molar refractivity (Wildman–Crippen MR) is 129 cm³/mol. The maximum absolute atomic E-state index is 12.9. The average molecular weight is 523 g/mol. The first-order chi connectivity index (χ1) is 17.3. The molecule has 11 heteroatoms. The number of hydrogen-bond acceptors (Lipinski definition) is 7. The van der Waals surface area contributed by atoms with Crippen LogP contribution in [0.1, 0.15) is 46.6 Å². The highest BCUT2D eigenvalue weighted by Gasteiger charge is 2.30. The van der Waals surface area contributed by atoms with Gasteiger partial charge in [0.15, 0.2) is 12.4 Å². The van der Waals surface area contributed by atoms with Crippen LogP contribution in [0.25, 0.3) is 5.52 Å². The second-order valence-corrected chi connectivity index (χ2v) is 10.5. The molecule has 0 N–H and O–H groups in total. The monoisotopic (exact) mass is 522 g/mol. The molecule has 1 saturated heterocycles. The molecule has 0 aliphatic carbocycles. The second kappa shape index (κ2) is 10.9. The van der Waals surface area contributed by atoms with Crippen LogP contribution in [0.4, 0.5) is 13.2 Å². The number of nitrogens with zero attached hydrogens (tertiary/aromatic N) is 4. The maximum atomic E-state index is 12.9. The van der Waals surface area contributed by atoms with Gasteiger partial charge in [0.1, 0.15) is 0 Å². The summed E-state index contributed by atoms with van der Waals surface area (Å²) in [6.45, 7) is 1.87. The zero-order chi connectivity index (χ0) is 25.1. The molecule has 0 radical (unpaired) electrons. The summed E-state index contributed by atoms with van der Waals surface area (Å²) in [5.74, 6) is 0.358. The third-order valence-corrected chi connectivity index (χ3v) is 7.95. The van der Waals surface area contributed by atoms with Crippen molar-refractivity contribution in [1.29, 1.82) is 0 Å². The molecule has 0 aromatic carbocycles. The van der Waals surface area contributed by atoms with Crippen LogP contribution in [-0.4, -0.2) is 70.4 Å². The van der Waals surface area contributed by atoms with Crippen LogP contribution >= 0.6 is 11.3 Å². The minimum absolute atomic E-state index is 0.108. The molecule has 36 heavy (non-hydrogen) atoms. The molecular weight excluding hydrogens is 493 g/mol. The van der Waals surface area contributed by atoms with Gasteiger partial charge in [0, 0.05) is 49.1 Å². The molecule has 2 aliphatic heterocycles. The van der Waals surface area contributed by atoms with Crippen LogP contribution in [0.3, 0.4) is 0 Å². The molecule has 2 aliphatic rings. The molecule has 0 amide bonds. The molecule has 0 bridgehead atoms. The molecule has 7 nitrogen and oxygen atoms in total. The predicted octanol–water partition coefficient (Wildman–Crippen LogP) is 4.59. The van der Waals surface area contributed by atoms with Crippen molar-refractivity contribution in [2.24, 2.45) is 5.92 Å². The van der Waals surface area contributed by atoms with Gasteiger partial charge in [-0.15, -0.1) is 0 Å². The van der Waals surface area contributed by atoms with E-state index < -0.39 is 12.8 Å². The fourth-order valence-electron chi connectivity index (χ4n) is 4.95. The summed E-state index contributed by atoms with van der Waals surface area (Å²) in [5, 5.41) is 4.31. The number of pyridine rings is 1. The molecular formula is C25H29F3N4O3S. The fourth-order valence-corrected chi connectivity index (χ4v) is 5.89. The van der Waals surface area contributed by atoms with Gasteiger partial charge in [-0.25, -0.2) is 9.50 Å². The number of thiazole rings is 1. The van der Waals surface area contributed by atoms with Crippen molar-refractivity contribution in [3.8, 4) is 5.19 Å². The van der Waals surface area contributed by atoms with Crippen LogP contribution < -0.4 is 4.74 Å². The van der Waals surface area contributed by atoms with Gasteiger partial charge < -0.3 is 14.4 Å². The Bertz CT molecular complexity index is 1160. The number of ketones is 1. The summed E-state index contributed by atoms with van der Waals surface area (Å²) in [7, 11) is 0. The molecule has 3 aromatic rings. The highest BCUT2D eigenvalue weighted by Crippen LogP contribution is 2.30. The lowest BCUT2D eigenvalue weighted by Crippen LogP contribution is -2.33. The summed E-state index contributed by atoms with van der Waals surface area (Å²) >= 11 is 1.22. The lowest BCUT2D eigenvalue weighted by atomic mass is 9.91. The summed E-state index contributed by atoms with van der Waals surface area (Å²) < 4.78 is 49.8. The van der Waals surface area contributed by atoms with E-state index in [0.717, 1.165) is 61.4 Å². The number of rotatable bonds is 8. The fraction of sp³-hybridized carbons (Fsp3) is 0.560. The number of aromatic nitrogens is 3. The topological polar surface area (TPSA) is 69.0 Å². The Morgan fingerprint density at radius 2 is 2.08 bits per heavy atom. The van der Waals surface area contributed by atoms with E-state index in [9.17, 15) is 18.0 Å². The van der Waals surface area contributed by atoms with Gasteiger partial charge in [0.25, 0.3) is 5.19 Å². The molecule has 1 fully saturated rings. The number of halogens is 3. The molecule has 5 heterocycles. The SMILES string of the molecule is O=C(C[C@H]1CC[C@H](CCN2CCc3nc(OCC(F)(F)F)sc3CC2)OC1)c1cccn2nccc12. The molecule has 0 unspecified atom stereocenters. The zero-order valence-electron chi connectivity index (χ0n) is 19.9. The van der Waals surface area contributed by atoms with Gasteiger partial charge in [-0.05, 0) is 49.8 Å². The highest BCUT2D eigenvalue weighted by molar-refractivity contribution is 7.13. The van der Waals surface area contributed by atoms with E-state index in [-0.39, 0.29) is 23.0 Å². The van der Waals surface area contributed by atoms with Gasteiger partial charge in [0.05, 0.1) is 30.1 Å². The summed E-state index contributed by atoms with van der Waals surface area (Å²) in [4.78, 5) is 20.5. The number of fused-ring (bicyclic) bond motifs is 2. The van der Waals surface area contributed by atoms with Crippen molar-refractivity contribution >= 4 is 22.6 Å². The molecule has 0 saturated carbocycles. The van der Waals surface area contributed by atoms with Gasteiger partial charge in [0.2, 0.25) is 0 Å². The second-order valence-electron chi connectivity index (χ2n) is 9.49. The van der Waals surface area contributed by atoms with Crippen LogP contribution in [-0.2, 0) is 17.6 Å². The van der Waals surface area contributed by atoms with Crippen LogP contribution in [0.2, 0.25) is 0 Å². The van der Waals surface area contributed by atoms with Gasteiger partial charge in [-0.3, -0.25) is 4.79 Å². The van der Waals surface area contributed by atoms with Crippen molar-refractivity contribution < 1.29 is 27.4 Å². The van der Waals surface area contributed by atoms with Crippen LogP contribution in [0.5, 0.6) is 5.19 Å². The zero-order valence-corrected chi connectivity index (χ0v) is 20.7. The van der Waals surface area contributed by atoms with E-state index in [4.69, 9.17) is 9.47 Å². The quantitative estimate of drug-likeness (QED) is 0.403. The van der Waals surface area contributed by atoms with Crippen LogP contribution in [0, 0.1) is 5.92 Å². The van der Waals surface area contributed by atoms with Gasteiger partial charge in [-0.2, -0.15) is 18.3 Å². The van der Waals surface area contributed by atoms with Crippen molar-refractivity contribution in [2.45, 2.75) is 50.8 Å². The van der Waals surface area contributed by atoms with Gasteiger partial charge in [-0.1, -0.05) is 11.3 Å². The largest absolute Gasteiger partial charge is 0.460 e. The number of carbonyl (C=O) groups excluding carboxylic acids is 1. The lowest BCUT2D eigenvalue weighted by Gasteiger charge is -2.30. The van der Waals surface area contributed by atoms with E-state index in [1.807, 2.05) is 24.4 Å². The Labute approximate surface area is 211 Å². The maximum Gasteiger partial charge on any atom is 0.422 e. The van der Waals surface area contributed by atoms with E-state index in [2.05, 4.69) is 15.0 Å². The Morgan fingerprint density at radius 1 is 1.22 bits per heavy atom. The molecule has 194 valence electrons. The number of ether oxygens (including phenoxy) is 2. The van der Waals surface area contributed by atoms with E-state index in [1.165, 1.54) is 11.3 Å². The first-order valence-corrected chi connectivity index (χ1v) is 13.1. The van der Waals surface area contributed by atoms with Crippen molar-refractivity contribution in [2.75, 3.05) is 32.8 Å².